The van der Waals surface area contributed by atoms with Crippen molar-refractivity contribution >= 4 is 0 Å². The van der Waals surface area contributed by atoms with Gasteiger partial charge in [0.25, 0.3) is 0 Å². The Morgan fingerprint density at radius 3 is 2.47 bits per heavy atom. The van der Waals surface area contributed by atoms with Gasteiger partial charge in [0, 0.05) is 31.5 Å². The third-order valence-electron chi connectivity index (χ3n) is 2.67. The summed E-state index contributed by atoms with van der Waals surface area (Å²) in [5, 5.41) is 3.35. The average Bonchev–Trinajstić information content (AvgIpc) is 2.41. The van der Waals surface area contributed by atoms with Crippen LogP contribution >= 0.6 is 0 Å². The highest BCUT2D eigenvalue weighted by Gasteiger charge is 2.03. The number of rotatable bonds is 5. The Morgan fingerprint density at radius 1 is 1.06 bits per heavy atom. The second kappa shape index (κ2) is 6.13. The monoisotopic (exact) mass is 227 g/mol. The molecule has 0 aliphatic heterocycles. The minimum atomic E-state index is 0.0398. The van der Waals surface area contributed by atoms with E-state index in [0.717, 1.165) is 18.7 Å². The van der Waals surface area contributed by atoms with E-state index in [9.17, 15) is 0 Å². The van der Waals surface area contributed by atoms with Crippen LogP contribution in [0, 0.1) is 0 Å². The van der Waals surface area contributed by atoms with Crippen LogP contribution in [0.4, 0.5) is 0 Å². The molecule has 0 spiro atoms. The van der Waals surface area contributed by atoms with E-state index in [0.29, 0.717) is 0 Å². The summed E-state index contributed by atoms with van der Waals surface area (Å²) in [6, 6.07) is 14.2. The van der Waals surface area contributed by atoms with Gasteiger partial charge in [-0.1, -0.05) is 30.3 Å². The Labute approximate surface area is 102 Å². The third-order valence-corrected chi connectivity index (χ3v) is 2.67. The van der Waals surface area contributed by atoms with Crippen LogP contribution in [0.3, 0.4) is 0 Å². The quantitative estimate of drug-likeness (QED) is 0.820. The van der Waals surface area contributed by atoms with Gasteiger partial charge in [-0.2, -0.15) is 0 Å². The van der Waals surface area contributed by atoms with Crippen LogP contribution in [-0.4, -0.2) is 11.5 Å². The molecule has 88 valence electrons. The Hall–Kier alpha value is -1.71. The lowest BCUT2D eigenvalue weighted by molar-refractivity contribution is 0.598. The van der Waals surface area contributed by atoms with Crippen molar-refractivity contribution in [2.45, 2.75) is 12.6 Å². The number of pyridine rings is 1. The molecule has 0 radical (unpaired) electrons. The maximum Gasteiger partial charge on any atom is 0.0421 e. The minimum Gasteiger partial charge on any atom is -0.323 e. The number of nitrogens with two attached hydrogens (primary N) is 1. The van der Waals surface area contributed by atoms with Crippen molar-refractivity contribution in [1.82, 2.24) is 10.3 Å². The van der Waals surface area contributed by atoms with Crippen molar-refractivity contribution in [2.75, 3.05) is 6.54 Å². The number of nitrogens with one attached hydrogen (secondary N) is 1. The molecular weight excluding hydrogens is 210 g/mol. The first kappa shape index (κ1) is 11.8. The summed E-state index contributed by atoms with van der Waals surface area (Å²) in [6.07, 6.45) is 3.60. The fourth-order valence-corrected chi connectivity index (χ4v) is 1.69. The zero-order chi connectivity index (χ0) is 11.9. The standard InChI is InChI=1S/C14H17N3/c15-14(13-4-2-1-3-5-13)11-17-10-12-6-8-16-9-7-12/h1-9,14,17H,10-11,15H2/t14-/m0/s1. The van der Waals surface area contributed by atoms with E-state index in [-0.39, 0.29) is 6.04 Å². The first-order valence-electron chi connectivity index (χ1n) is 5.76. The molecule has 1 atom stereocenters. The summed E-state index contributed by atoms with van der Waals surface area (Å²) >= 11 is 0. The van der Waals surface area contributed by atoms with Crippen molar-refractivity contribution in [2.24, 2.45) is 5.73 Å². The topological polar surface area (TPSA) is 50.9 Å². The molecule has 0 aliphatic rings. The molecule has 17 heavy (non-hydrogen) atoms. The van der Waals surface area contributed by atoms with E-state index in [4.69, 9.17) is 5.73 Å². The summed E-state index contributed by atoms with van der Waals surface area (Å²) in [5.41, 5.74) is 8.47. The zero-order valence-electron chi connectivity index (χ0n) is 9.71. The molecule has 1 aromatic heterocycles. The first-order valence-corrected chi connectivity index (χ1v) is 5.76. The summed E-state index contributed by atoms with van der Waals surface area (Å²) < 4.78 is 0. The molecular formula is C14H17N3. The van der Waals surface area contributed by atoms with Crippen LogP contribution in [0.25, 0.3) is 0 Å². The van der Waals surface area contributed by atoms with E-state index in [1.54, 1.807) is 12.4 Å². The maximum atomic E-state index is 6.08. The van der Waals surface area contributed by atoms with Gasteiger partial charge in [0.1, 0.15) is 0 Å². The Kier molecular flexibility index (Phi) is 4.24. The van der Waals surface area contributed by atoms with Gasteiger partial charge in [0.05, 0.1) is 0 Å². The van der Waals surface area contributed by atoms with Gasteiger partial charge < -0.3 is 11.1 Å². The molecule has 1 aromatic carbocycles. The first-order chi connectivity index (χ1) is 8.36. The molecule has 0 amide bonds. The Balaban J connectivity index is 1.79. The van der Waals surface area contributed by atoms with Crippen molar-refractivity contribution in [3.8, 4) is 0 Å². The van der Waals surface area contributed by atoms with Gasteiger partial charge in [0.15, 0.2) is 0 Å². The van der Waals surface area contributed by atoms with Crippen LogP contribution in [0.1, 0.15) is 17.2 Å². The molecule has 0 bridgehead atoms. The highest BCUT2D eigenvalue weighted by atomic mass is 14.9. The van der Waals surface area contributed by atoms with Crippen LogP contribution < -0.4 is 11.1 Å². The summed E-state index contributed by atoms with van der Waals surface area (Å²) in [6.45, 7) is 1.59. The maximum absolute atomic E-state index is 6.08. The van der Waals surface area contributed by atoms with E-state index >= 15 is 0 Å². The second-order valence-electron chi connectivity index (χ2n) is 4.00. The van der Waals surface area contributed by atoms with Crippen molar-refractivity contribution in [1.29, 1.82) is 0 Å². The van der Waals surface area contributed by atoms with Crippen LogP contribution in [0.15, 0.2) is 54.9 Å². The molecule has 1 heterocycles. The lowest BCUT2D eigenvalue weighted by Gasteiger charge is -2.13. The Bertz CT molecular complexity index is 428. The highest BCUT2D eigenvalue weighted by molar-refractivity contribution is 5.18. The third kappa shape index (κ3) is 3.66. The van der Waals surface area contributed by atoms with Crippen molar-refractivity contribution in [3.05, 3.63) is 66.0 Å². The van der Waals surface area contributed by atoms with Gasteiger partial charge in [-0.3, -0.25) is 4.98 Å². The summed E-state index contributed by atoms with van der Waals surface area (Å²) in [5.74, 6) is 0. The van der Waals surface area contributed by atoms with Crippen molar-refractivity contribution in [3.63, 3.8) is 0 Å². The predicted octanol–water partition coefficient (Wildman–Crippen LogP) is 1.87. The van der Waals surface area contributed by atoms with Crippen LogP contribution in [0.2, 0.25) is 0 Å². The molecule has 0 saturated heterocycles. The van der Waals surface area contributed by atoms with Crippen LogP contribution in [0.5, 0.6) is 0 Å². The summed E-state index contributed by atoms with van der Waals surface area (Å²) in [4.78, 5) is 3.98. The number of benzene rings is 1. The predicted molar refractivity (Wildman–Crippen MR) is 69.3 cm³/mol. The van der Waals surface area contributed by atoms with Gasteiger partial charge in [0.2, 0.25) is 0 Å². The fourth-order valence-electron chi connectivity index (χ4n) is 1.69. The molecule has 0 aliphatic carbocycles. The molecule has 0 unspecified atom stereocenters. The van der Waals surface area contributed by atoms with Gasteiger partial charge in [-0.05, 0) is 23.3 Å². The summed E-state index contributed by atoms with van der Waals surface area (Å²) in [7, 11) is 0. The largest absolute Gasteiger partial charge is 0.323 e. The highest BCUT2D eigenvalue weighted by Crippen LogP contribution is 2.08. The van der Waals surface area contributed by atoms with Crippen LogP contribution in [-0.2, 0) is 6.54 Å². The molecule has 0 saturated carbocycles. The molecule has 3 N–H and O–H groups in total. The minimum absolute atomic E-state index is 0.0398. The fraction of sp³-hybridized carbons (Fsp3) is 0.214. The molecule has 0 fully saturated rings. The van der Waals surface area contributed by atoms with Gasteiger partial charge in [-0.25, -0.2) is 0 Å². The number of nitrogens with zero attached hydrogens (tertiary/aromatic N) is 1. The SMILES string of the molecule is N[C@@H](CNCc1ccncc1)c1ccccc1. The smallest absolute Gasteiger partial charge is 0.0421 e. The molecule has 2 aromatic rings. The number of hydrogen-bond acceptors (Lipinski definition) is 3. The van der Waals surface area contributed by atoms with Gasteiger partial charge >= 0.3 is 0 Å². The van der Waals surface area contributed by atoms with E-state index in [2.05, 4.69) is 22.4 Å². The number of hydrogen-bond donors (Lipinski definition) is 2. The average molecular weight is 227 g/mol. The molecule has 3 heteroatoms. The van der Waals surface area contributed by atoms with Crippen molar-refractivity contribution < 1.29 is 0 Å². The van der Waals surface area contributed by atoms with Gasteiger partial charge in [-0.15, -0.1) is 0 Å². The lowest BCUT2D eigenvalue weighted by atomic mass is 10.1. The molecule has 3 nitrogen and oxygen atoms in total. The second-order valence-corrected chi connectivity index (χ2v) is 4.00. The Morgan fingerprint density at radius 2 is 1.76 bits per heavy atom. The van der Waals surface area contributed by atoms with E-state index in [1.807, 2.05) is 30.3 Å². The lowest BCUT2D eigenvalue weighted by Crippen LogP contribution is -2.26. The van der Waals surface area contributed by atoms with E-state index < -0.39 is 0 Å². The number of aromatic nitrogens is 1. The molecule has 2 rings (SSSR count). The van der Waals surface area contributed by atoms with E-state index in [1.165, 1.54) is 5.56 Å². The zero-order valence-corrected chi connectivity index (χ0v) is 9.71. The normalized spacial score (nSPS) is 12.3.